The first kappa shape index (κ1) is 22.8. The van der Waals surface area contributed by atoms with Gasteiger partial charge in [-0.1, -0.05) is 43.0 Å². The minimum Gasteiger partial charge on any atom is -0.369 e. The first-order chi connectivity index (χ1) is 17.1. The molecule has 0 saturated carbocycles. The standard InChI is InChI=1S/C27H29FN6O/c1-20(33-15-11-21-5-2-3-6-23(21)18-33)17-30-26-25(22-7-9-24(28)10-8-22)34(27(35)31-26)14-4-13-32-16-12-29-19-32/h2-3,5-10,12,16,19,25H,1,4,11,13-15,17-18H2,(H,30,31,35). The molecule has 2 aliphatic rings. The topological polar surface area (TPSA) is 65.8 Å². The number of halogens is 1. The number of hydrogen-bond donors (Lipinski definition) is 1. The zero-order chi connectivity index (χ0) is 24.2. The fourth-order valence-electron chi connectivity index (χ4n) is 4.74. The highest BCUT2D eigenvalue weighted by atomic mass is 19.1. The number of fused-ring (bicyclic) bond motifs is 1. The van der Waals surface area contributed by atoms with E-state index in [1.165, 1.54) is 23.3 Å². The Labute approximate surface area is 204 Å². The van der Waals surface area contributed by atoms with Gasteiger partial charge in [0.15, 0.2) is 0 Å². The average molecular weight is 473 g/mol. The largest absolute Gasteiger partial charge is 0.369 e. The van der Waals surface area contributed by atoms with Crippen molar-refractivity contribution in [1.29, 1.82) is 0 Å². The van der Waals surface area contributed by atoms with E-state index in [1.54, 1.807) is 29.6 Å². The maximum Gasteiger partial charge on any atom is 0.323 e. The number of rotatable bonds is 8. The van der Waals surface area contributed by atoms with Crippen molar-refractivity contribution in [3.8, 4) is 0 Å². The SMILES string of the molecule is C=C(CN=C1NC(=O)N(CCCn2ccnc2)C1c1ccc(F)cc1)N1CCc2ccccc2C1. The Kier molecular flexibility index (Phi) is 6.61. The summed E-state index contributed by atoms with van der Waals surface area (Å²) in [6.45, 7) is 7.66. The molecule has 180 valence electrons. The summed E-state index contributed by atoms with van der Waals surface area (Å²) in [5.41, 5.74) is 4.44. The predicted octanol–water partition coefficient (Wildman–Crippen LogP) is 4.15. The van der Waals surface area contributed by atoms with Crippen LogP contribution in [0.3, 0.4) is 0 Å². The second-order valence-corrected chi connectivity index (χ2v) is 8.94. The van der Waals surface area contributed by atoms with Gasteiger partial charge in [-0.2, -0.15) is 0 Å². The third-order valence-corrected chi connectivity index (χ3v) is 6.64. The number of carbonyl (C=O) groups excluding carboxylic acids is 1. The molecule has 35 heavy (non-hydrogen) atoms. The van der Waals surface area contributed by atoms with Gasteiger partial charge in [0, 0.05) is 44.3 Å². The van der Waals surface area contributed by atoms with Gasteiger partial charge in [-0.25, -0.2) is 14.2 Å². The highest BCUT2D eigenvalue weighted by Gasteiger charge is 2.37. The fraction of sp³-hybridized carbons (Fsp3) is 0.296. The molecule has 0 radical (unpaired) electrons. The highest BCUT2D eigenvalue weighted by Crippen LogP contribution is 2.28. The molecule has 1 N–H and O–H groups in total. The van der Waals surface area contributed by atoms with Gasteiger partial charge in [0.05, 0.1) is 12.9 Å². The molecule has 0 spiro atoms. The quantitative estimate of drug-likeness (QED) is 0.536. The van der Waals surface area contributed by atoms with Gasteiger partial charge in [-0.05, 0) is 41.7 Å². The Morgan fingerprint density at radius 2 is 1.94 bits per heavy atom. The summed E-state index contributed by atoms with van der Waals surface area (Å²) in [6.07, 6.45) is 7.14. The van der Waals surface area contributed by atoms with E-state index in [9.17, 15) is 9.18 Å². The lowest BCUT2D eigenvalue weighted by Crippen LogP contribution is -2.31. The summed E-state index contributed by atoms with van der Waals surface area (Å²) in [4.78, 5) is 25.8. The Morgan fingerprint density at radius 1 is 1.14 bits per heavy atom. The number of imidazole rings is 1. The van der Waals surface area contributed by atoms with Gasteiger partial charge >= 0.3 is 6.03 Å². The molecule has 2 aromatic carbocycles. The fourth-order valence-corrected chi connectivity index (χ4v) is 4.74. The van der Waals surface area contributed by atoms with E-state index in [0.717, 1.165) is 43.7 Å². The minimum absolute atomic E-state index is 0.193. The summed E-state index contributed by atoms with van der Waals surface area (Å²) in [5, 5.41) is 2.95. The van der Waals surface area contributed by atoms with Crippen molar-refractivity contribution in [3.63, 3.8) is 0 Å². The lowest BCUT2D eigenvalue weighted by molar-refractivity contribution is 0.204. The van der Waals surface area contributed by atoms with Gasteiger partial charge in [0.25, 0.3) is 0 Å². The molecule has 7 nitrogen and oxygen atoms in total. The van der Waals surface area contributed by atoms with E-state index in [-0.39, 0.29) is 17.9 Å². The molecule has 0 bridgehead atoms. The number of urea groups is 1. The van der Waals surface area contributed by atoms with Crippen molar-refractivity contribution in [2.24, 2.45) is 4.99 Å². The Morgan fingerprint density at radius 3 is 2.71 bits per heavy atom. The van der Waals surface area contributed by atoms with Crippen LogP contribution in [-0.4, -0.2) is 50.9 Å². The van der Waals surface area contributed by atoms with Crippen LogP contribution in [0.25, 0.3) is 0 Å². The van der Waals surface area contributed by atoms with Gasteiger partial charge in [-0.15, -0.1) is 0 Å². The summed E-state index contributed by atoms with van der Waals surface area (Å²) < 4.78 is 15.6. The first-order valence-corrected chi connectivity index (χ1v) is 11.9. The van der Waals surface area contributed by atoms with Gasteiger partial charge in [-0.3, -0.25) is 10.3 Å². The second kappa shape index (κ2) is 10.1. The van der Waals surface area contributed by atoms with Crippen LogP contribution in [-0.2, 0) is 19.5 Å². The number of carbonyl (C=O) groups is 1. The molecule has 1 atom stereocenters. The molecule has 1 unspecified atom stereocenters. The van der Waals surface area contributed by atoms with Crippen LogP contribution in [0.15, 0.2) is 84.5 Å². The molecule has 1 saturated heterocycles. The maximum atomic E-state index is 13.6. The van der Waals surface area contributed by atoms with E-state index in [2.05, 4.69) is 46.0 Å². The third-order valence-electron chi connectivity index (χ3n) is 6.64. The number of hydrogen-bond acceptors (Lipinski definition) is 4. The number of amidine groups is 1. The van der Waals surface area contributed by atoms with Crippen molar-refractivity contribution in [2.75, 3.05) is 19.6 Å². The van der Waals surface area contributed by atoms with E-state index < -0.39 is 0 Å². The summed E-state index contributed by atoms with van der Waals surface area (Å²) in [5.74, 6) is 0.262. The van der Waals surface area contributed by atoms with Crippen LogP contribution in [0.2, 0.25) is 0 Å². The zero-order valence-electron chi connectivity index (χ0n) is 19.6. The Bertz CT molecular complexity index is 1220. The maximum absolute atomic E-state index is 13.6. The molecule has 3 heterocycles. The molecule has 0 aliphatic carbocycles. The first-order valence-electron chi connectivity index (χ1n) is 11.9. The third kappa shape index (κ3) is 5.11. The van der Waals surface area contributed by atoms with Crippen LogP contribution in [0.1, 0.15) is 29.2 Å². The van der Waals surface area contributed by atoms with E-state index >= 15 is 0 Å². The van der Waals surface area contributed by atoms with Crippen LogP contribution >= 0.6 is 0 Å². The van der Waals surface area contributed by atoms with Crippen LogP contribution in [0, 0.1) is 5.82 Å². The molecule has 1 aromatic heterocycles. The minimum atomic E-state index is -0.388. The molecule has 2 aliphatic heterocycles. The van der Waals surface area contributed by atoms with E-state index in [1.807, 2.05) is 10.8 Å². The van der Waals surface area contributed by atoms with Gasteiger partial charge in [0.1, 0.15) is 17.7 Å². The van der Waals surface area contributed by atoms with Crippen molar-refractivity contribution < 1.29 is 9.18 Å². The molecular formula is C27H29FN6O. The monoisotopic (exact) mass is 472 g/mol. The molecule has 1 fully saturated rings. The van der Waals surface area contributed by atoms with Crippen molar-refractivity contribution in [3.05, 3.63) is 102 Å². The molecule has 3 aromatic rings. The highest BCUT2D eigenvalue weighted by molar-refractivity contribution is 6.07. The normalized spacial score (nSPS) is 18.6. The van der Waals surface area contributed by atoms with Crippen LogP contribution < -0.4 is 5.32 Å². The molecule has 8 heteroatoms. The van der Waals surface area contributed by atoms with Crippen molar-refractivity contribution in [2.45, 2.75) is 32.0 Å². The number of aliphatic imine (C=N–C) groups is 1. The lowest BCUT2D eigenvalue weighted by atomic mass is 9.99. The Hall–Kier alpha value is -3.94. The van der Waals surface area contributed by atoms with Crippen LogP contribution in [0.5, 0.6) is 0 Å². The summed E-state index contributed by atoms with van der Waals surface area (Å²) >= 11 is 0. The number of nitrogens with zero attached hydrogens (tertiary/aromatic N) is 5. The number of amides is 2. The Balaban J connectivity index is 1.31. The number of benzene rings is 2. The van der Waals surface area contributed by atoms with Gasteiger partial charge in [0.2, 0.25) is 0 Å². The van der Waals surface area contributed by atoms with Crippen molar-refractivity contribution in [1.82, 2.24) is 24.7 Å². The molecular weight excluding hydrogens is 443 g/mol. The summed E-state index contributed by atoms with van der Waals surface area (Å²) in [6, 6.07) is 14.2. The predicted molar refractivity (Wildman–Crippen MR) is 133 cm³/mol. The average Bonchev–Trinajstić information content (AvgIpc) is 3.51. The second-order valence-electron chi connectivity index (χ2n) is 8.94. The van der Waals surface area contributed by atoms with Crippen LogP contribution in [0.4, 0.5) is 9.18 Å². The molecule has 5 rings (SSSR count). The van der Waals surface area contributed by atoms with E-state index in [0.29, 0.717) is 18.9 Å². The zero-order valence-corrected chi connectivity index (χ0v) is 19.6. The summed E-state index contributed by atoms with van der Waals surface area (Å²) in [7, 11) is 0. The van der Waals surface area contributed by atoms with E-state index in [4.69, 9.17) is 4.99 Å². The molecule has 2 amide bonds. The smallest absolute Gasteiger partial charge is 0.323 e. The van der Waals surface area contributed by atoms with Crippen molar-refractivity contribution >= 4 is 11.9 Å². The number of aryl methyl sites for hydroxylation is 1. The number of aromatic nitrogens is 2. The number of nitrogens with one attached hydrogen (secondary N) is 1. The van der Waals surface area contributed by atoms with Gasteiger partial charge < -0.3 is 14.4 Å². The lowest BCUT2D eigenvalue weighted by Gasteiger charge is -2.31.